The van der Waals surface area contributed by atoms with Crippen molar-refractivity contribution in [2.24, 2.45) is 10.9 Å². The summed E-state index contributed by atoms with van der Waals surface area (Å²) in [5, 5.41) is 22.9. The van der Waals surface area contributed by atoms with Gasteiger partial charge in [0.1, 0.15) is 11.5 Å². The maximum Gasteiger partial charge on any atom is 0.255 e. The number of carbonyl (C=O) groups is 1. The number of phenolic OH excluding ortho intramolecular Hbond substituents is 1. The second-order valence-corrected chi connectivity index (χ2v) is 3.16. The van der Waals surface area contributed by atoms with E-state index in [1.165, 1.54) is 25.3 Å². The summed E-state index contributed by atoms with van der Waals surface area (Å²) in [6, 6.07) is 4.25. The van der Waals surface area contributed by atoms with Crippen molar-refractivity contribution in [1.82, 2.24) is 5.32 Å². The summed E-state index contributed by atoms with van der Waals surface area (Å²) in [4.78, 5) is 11.6. The zero-order valence-corrected chi connectivity index (χ0v) is 9.17. The lowest BCUT2D eigenvalue weighted by atomic mass is 10.1. The van der Waals surface area contributed by atoms with Crippen molar-refractivity contribution in [3.8, 4) is 11.5 Å². The topological polar surface area (TPSA) is 117 Å². The van der Waals surface area contributed by atoms with Gasteiger partial charge in [0.2, 0.25) is 0 Å². The van der Waals surface area contributed by atoms with Gasteiger partial charge >= 0.3 is 0 Å². The molecule has 0 saturated carbocycles. The second kappa shape index (κ2) is 5.59. The van der Waals surface area contributed by atoms with E-state index >= 15 is 0 Å². The van der Waals surface area contributed by atoms with E-state index in [0.717, 1.165) is 0 Å². The first-order valence-corrected chi connectivity index (χ1v) is 4.70. The summed E-state index contributed by atoms with van der Waals surface area (Å²) in [5.74, 6) is -0.423. The Morgan fingerprint density at radius 2 is 2.29 bits per heavy atom. The van der Waals surface area contributed by atoms with E-state index in [9.17, 15) is 9.90 Å². The molecule has 0 aromatic heterocycles. The summed E-state index contributed by atoms with van der Waals surface area (Å²) >= 11 is 0. The van der Waals surface area contributed by atoms with Crippen LogP contribution in [-0.4, -0.2) is 35.7 Å². The van der Waals surface area contributed by atoms with Crippen LogP contribution in [0.25, 0.3) is 0 Å². The number of carbonyl (C=O) groups excluding carboxylic acids is 1. The molecule has 0 aliphatic carbocycles. The fourth-order valence-corrected chi connectivity index (χ4v) is 1.13. The molecule has 7 nitrogen and oxygen atoms in total. The van der Waals surface area contributed by atoms with Gasteiger partial charge in [-0.25, -0.2) is 0 Å². The minimum atomic E-state index is -0.548. The van der Waals surface area contributed by atoms with Gasteiger partial charge in [0.15, 0.2) is 5.84 Å². The Bertz CT molecular complexity index is 445. The van der Waals surface area contributed by atoms with Crippen molar-refractivity contribution >= 4 is 11.7 Å². The molecule has 0 aliphatic rings. The molecule has 0 spiro atoms. The Morgan fingerprint density at radius 1 is 1.59 bits per heavy atom. The van der Waals surface area contributed by atoms with E-state index in [2.05, 4.69) is 10.5 Å². The maximum atomic E-state index is 11.6. The number of benzene rings is 1. The Balaban J connectivity index is 2.81. The van der Waals surface area contributed by atoms with E-state index in [0.29, 0.717) is 5.75 Å². The third-order valence-corrected chi connectivity index (χ3v) is 2.01. The molecule has 0 unspecified atom stereocenters. The van der Waals surface area contributed by atoms with Gasteiger partial charge in [-0.15, -0.1) is 0 Å². The molecule has 0 aliphatic heterocycles. The predicted octanol–water partition coefficient (Wildman–Crippen LogP) is -0.123. The molecule has 0 bridgehead atoms. The van der Waals surface area contributed by atoms with Gasteiger partial charge in [0.25, 0.3) is 5.91 Å². The van der Waals surface area contributed by atoms with Gasteiger partial charge in [-0.3, -0.25) is 4.79 Å². The van der Waals surface area contributed by atoms with Gasteiger partial charge in [-0.05, 0) is 18.2 Å². The molecule has 5 N–H and O–H groups in total. The first-order valence-electron chi connectivity index (χ1n) is 4.70. The minimum Gasteiger partial charge on any atom is -0.507 e. The molecule has 0 heterocycles. The first-order chi connectivity index (χ1) is 8.08. The average molecular weight is 239 g/mol. The number of hydrogen-bond acceptors (Lipinski definition) is 5. The van der Waals surface area contributed by atoms with E-state index in [1.807, 2.05) is 0 Å². The number of hydrogen-bond donors (Lipinski definition) is 4. The van der Waals surface area contributed by atoms with Crippen molar-refractivity contribution in [3.05, 3.63) is 23.8 Å². The number of nitrogens with one attached hydrogen (secondary N) is 1. The van der Waals surface area contributed by atoms with Crippen LogP contribution in [-0.2, 0) is 0 Å². The number of amidine groups is 1. The Morgan fingerprint density at radius 3 is 2.88 bits per heavy atom. The van der Waals surface area contributed by atoms with E-state index in [1.54, 1.807) is 0 Å². The number of methoxy groups -OCH3 is 1. The molecular weight excluding hydrogens is 226 g/mol. The Hall–Kier alpha value is -2.44. The van der Waals surface area contributed by atoms with Crippen molar-refractivity contribution in [1.29, 1.82) is 0 Å². The van der Waals surface area contributed by atoms with Crippen LogP contribution < -0.4 is 15.8 Å². The van der Waals surface area contributed by atoms with Crippen LogP contribution in [0.5, 0.6) is 11.5 Å². The molecule has 1 aromatic carbocycles. The zero-order chi connectivity index (χ0) is 12.8. The van der Waals surface area contributed by atoms with Crippen LogP contribution in [0.1, 0.15) is 10.4 Å². The molecule has 1 amide bonds. The highest BCUT2D eigenvalue weighted by atomic mass is 16.5. The van der Waals surface area contributed by atoms with Crippen molar-refractivity contribution in [2.75, 3.05) is 13.7 Å². The number of oxime groups is 1. The Labute approximate surface area is 97.5 Å². The molecule has 7 heteroatoms. The zero-order valence-electron chi connectivity index (χ0n) is 9.17. The van der Waals surface area contributed by atoms with Gasteiger partial charge in [0.05, 0.1) is 19.2 Å². The van der Waals surface area contributed by atoms with Gasteiger partial charge in [-0.2, -0.15) is 0 Å². The van der Waals surface area contributed by atoms with Crippen LogP contribution in [0.15, 0.2) is 23.4 Å². The van der Waals surface area contributed by atoms with Crippen molar-refractivity contribution < 1.29 is 19.8 Å². The van der Waals surface area contributed by atoms with E-state index < -0.39 is 5.91 Å². The van der Waals surface area contributed by atoms with Gasteiger partial charge in [0, 0.05) is 0 Å². The smallest absolute Gasteiger partial charge is 0.255 e. The number of amides is 1. The van der Waals surface area contributed by atoms with Gasteiger partial charge < -0.3 is 26.1 Å². The Kier molecular flexibility index (Phi) is 4.15. The van der Waals surface area contributed by atoms with Crippen molar-refractivity contribution in [2.45, 2.75) is 0 Å². The first kappa shape index (κ1) is 12.6. The number of aromatic hydroxyl groups is 1. The molecule has 0 atom stereocenters. The summed E-state index contributed by atoms with van der Waals surface area (Å²) in [6.45, 7) is -0.119. The number of rotatable bonds is 4. The summed E-state index contributed by atoms with van der Waals surface area (Å²) in [7, 11) is 1.45. The normalized spacial score (nSPS) is 11.0. The molecule has 0 fully saturated rings. The van der Waals surface area contributed by atoms with Crippen LogP contribution >= 0.6 is 0 Å². The highest BCUT2D eigenvalue weighted by Crippen LogP contribution is 2.22. The lowest BCUT2D eigenvalue weighted by Crippen LogP contribution is -2.33. The van der Waals surface area contributed by atoms with Crippen molar-refractivity contribution in [3.63, 3.8) is 0 Å². The lowest BCUT2D eigenvalue weighted by molar-refractivity contribution is 0.0956. The van der Waals surface area contributed by atoms with Crippen LogP contribution in [0, 0.1) is 0 Å². The number of phenols is 1. The summed E-state index contributed by atoms with van der Waals surface area (Å²) < 4.78 is 4.93. The molecule has 0 radical (unpaired) electrons. The van der Waals surface area contributed by atoms with E-state index in [-0.39, 0.29) is 23.7 Å². The van der Waals surface area contributed by atoms with Crippen LogP contribution in [0.2, 0.25) is 0 Å². The average Bonchev–Trinajstić information content (AvgIpc) is 2.36. The van der Waals surface area contributed by atoms with Crippen LogP contribution in [0.3, 0.4) is 0 Å². The molecule has 1 rings (SSSR count). The number of nitrogens with two attached hydrogens (primary N) is 1. The highest BCUT2D eigenvalue weighted by molar-refractivity contribution is 5.99. The fraction of sp³-hybridized carbons (Fsp3) is 0.200. The molecular formula is C10H13N3O4. The molecule has 92 valence electrons. The summed E-state index contributed by atoms with van der Waals surface area (Å²) in [6.07, 6.45) is 0. The summed E-state index contributed by atoms with van der Waals surface area (Å²) in [5.41, 5.74) is 5.24. The quantitative estimate of drug-likeness (QED) is 0.253. The third-order valence-electron chi connectivity index (χ3n) is 2.01. The monoisotopic (exact) mass is 239 g/mol. The van der Waals surface area contributed by atoms with Gasteiger partial charge in [-0.1, -0.05) is 5.16 Å². The third kappa shape index (κ3) is 3.26. The van der Waals surface area contributed by atoms with E-state index in [4.69, 9.17) is 15.7 Å². The molecule has 0 saturated heterocycles. The van der Waals surface area contributed by atoms with Crippen LogP contribution in [0.4, 0.5) is 0 Å². The second-order valence-electron chi connectivity index (χ2n) is 3.16. The number of ether oxygens (including phenoxy) is 1. The maximum absolute atomic E-state index is 11.6. The largest absolute Gasteiger partial charge is 0.507 e. The lowest BCUT2D eigenvalue weighted by Gasteiger charge is -2.07. The number of nitrogens with zero attached hydrogens (tertiary/aromatic N) is 1. The fourth-order valence-electron chi connectivity index (χ4n) is 1.13. The standard InChI is InChI=1S/C10H13N3O4/c1-17-6-2-3-8(14)7(4-6)10(15)12-5-9(11)13-16/h2-4,14,16H,5H2,1H3,(H2,11,13)(H,12,15). The molecule has 1 aromatic rings. The molecule has 17 heavy (non-hydrogen) atoms. The SMILES string of the molecule is COc1ccc(O)c(C(=O)NC/C(N)=N/O)c1. The highest BCUT2D eigenvalue weighted by Gasteiger charge is 2.12. The minimum absolute atomic E-state index is 0.0510. The predicted molar refractivity (Wildman–Crippen MR) is 60.4 cm³/mol.